The molecular weight excluding hydrogens is 310 g/mol. The van der Waals surface area contributed by atoms with Gasteiger partial charge in [-0.05, 0) is 14.0 Å². The molecule has 2 aromatic heterocycles. The topological polar surface area (TPSA) is 37.2 Å². The molecule has 0 spiro atoms. The Morgan fingerprint density at radius 3 is 2.48 bits per heavy atom. The Bertz CT molecular complexity index is 847. The first kappa shape index (κ1) is 16.2. The molecule has 0 unspecified atom stereocenters. The lowest BCUT2D eigenvalue weighted by atomic mass is 10.1. The van der Waals surface area contributed by atoms with Crippen LogP contribution in [0.2, 0.25) is 0 Å². The number of likely N-dealkylation sites (N-methyl/N-ethyl adjacent to an activating group) is 1. The lowest BCUT2D eigenvalue weighted by molar-refractivity contribution is 0.148. The second-order valence-corrected chi connectivity index (χ2v) is 6.81. The molecule has 1 saturated heterocycles. The summed E-state index contributed by atoms with van der Waals surface area (Å²) in [6.45, 7) is 8.51. The minimum atomic E-state index is 0.921. The van der Waals surface area contributed by atoms with E-state index in [1.54, 1.807) is 0 Å². The monoisotopic (exact) mass is 335 g/mol. The second-order valence-electron chi connectivity index (χ2n) is 6.81. The summed E-state index contributed by atoms with van der Waals surface area (Å²) in [5.74, 6) is 0. The first-order chi connectivity index (χ1) is 12.3. The highest BCUT2D eigenvalue weighted by Crippen LogP contribution is 2.28. The molecule has 3 aromatic rings. The molecule has 1 aliphatic heterocycles. The highest BCUT2D eigenvalue weighted by molar-refractivity contribution is 5.91. The maximum Gasteiger partial charge on any atom is 0.115 e. The average molecular weight is 335 g/mol. The van der Waals surface area contributed by atoms with Gasteiger partial charge in [0.1, 0.15) is 5.52 Å². The zero-order valence-electron chi connectivity index (χ0n) is 15.0. The zero-order chi connectivity index (χ0) is 17.2. The predicted molar refractivity (Wildman–Crippen MR) is 101 cm³/mol. The van der Waals surface area contributed by atoms with E-state index in [1.165, 1.54) is 11.1 Å². The van der Waals surface area contributed by atoms with Crippen LogP contribution in [0.25, 0.3) is 22.3 Å². The van der Waals surface area contributed by atoms with Gasteiger partial charge in [-0.25, -0.2) is 4.98 Å². The van der Waals surface area contributed by atoms with Gasteiger partial charge in [0, 0.05) is 56.6 Å². The highest BCUT2D eigenvalue weighted by atomic mass is 15.2. The Morgan fingerprint density at radius 2 is 1.76 bits per heavy atom. The van der Waals surface area contributed by atoms with Crippen LogP contribution in [0.15, 0.2) is 42.9 Å². The van der Waals surface area contributed by atoms with Gasteiger partial charge in [0.05, 0.1) is 17.5 Å². The van der Waals surface area contributed by atoms with Crippen LogP contribution in [0.3, 0.4) is 0 Å². The van der Waals surface area contributed by atoms with Gasteiger partial charge in [-0.15, -0.1) is 0 Å². The molecule has 0 amide bonds. The molecule has 3 heterocycles. The van der Waals surface area contributed by atoms with Gasteiger partial charge in [0.15, 0.2) is 0 Å². The van der Waals surface area contributed by atoms with E-state index < -0.39 is 0 Å². The van der Waals surface area contributed by atoms with Crippen LogP contribution in [0.4, 0.5) is 0 Å². The van der Waals surface area contributed by atoms with E-state index in [2.05, 4.69) is 58.8 Å². The van der Waals surface area contributed by atoms with Crippen LogP contribution in [0.5, 0.6) is 0 Å². The number of aryl methyl sites for hydroxylation is 1. The van der Waals surface area contributed by atoms with E-state index in [-0.39, 0.29) is 0 Å². The Labute approximate surface area is 148 Å². The molecular formula is C20H25N5. The van der Waals surface area contributed by atoms with Gasteiger partial charge in [0.25, 0.3) is 0 Å². The van der Waals surface area contributed by atoms with Gasteiger partial charge < -0.3 is 9.47 Å². The van der Waals surface area contributed by atoms with E-state index in [0.717, 1.165) is 56.0 Å². The molecule has 130 valence electrons. The number of fused-ring (bicyclic) bond motifs is 1. The molecule has 1 aromatic carbocycles. The van der Waals surface area contributed by atoms with Crippen molar-refractivity contribution in [1.82, 2.24) is 24.3 Å². The molecule has 0 N–H and O–H groups in total. The Balaban J connectivity index is 1.74. The molecule has 0 radical (unpaired) electrons. The van der Waals surface area contributed by atoms with Crippen molar-refractivity contribution >= 4 is 11.0 Å². The maximum absolute atomic E-state index is 4.79. The van der Waals surface area contributed by atoms with Crippen molar-refractivity contribution < 1.29 is 0 Å². The normalized spacial score (nSPS) is 16.6. The Hall–Kier alpha value is -2.24. The van der Waals surface area contributed by atoms with Crippen LogP contribution in [0, 0.1) is 0 Å². The summed E-state index contributed by atoms with van der Waals surface area (Å²) in [6.07, 6.45) is 4.00. The number of rotatable bonds is 4. The molecule has 0 bridgehead atoms. The van der Waals surface area contributed by atoms with Crippen molar-refractivity contribution in [1.29, 1.82) is 0 Å². The third-order valence-corrected chi connectivity index (χ3v) is 5.09. The standard InChI is InChI=1S/C20H25N5/c1-3-25-15-22-19-18(16-7-5-4-6-8-16)21-13-17(20(19)25)14-24-11-9-23(2)10-12-24/h4-8,13,15H,3,9-12,14H2,1-2H3. The van der Waals surface area contributed by atoms with Crippen LogP contribution >= 0.6 is 0 Å². The first-order valence-corrected chi connectivity index (χ1v) is 9.05. The molecule has 1 aliphatic rings. The maximum atomic E-state index is 4.79. The zero-order valence-corrected chi connectivity index (χ0v) is 15.0. The van der Waals surface area contributed by atoms with Gasteiger partial charge in [0.2, 0.25) is 0 Å². The van der Waals surface area contributed by atoms with Gasteiger partial charge >= 0.3 is 0 Å². The first-order valence-electron chi connectivity index (χ1n) is 9.05. The number of nitrogens with zero attached hydrogens (tertiary/aromatic N) is 5. The van der Waals surface area contributed by atoms with Crippen LogP contribution < -0.4 is 0 Å². The summed E-state index contributed by atoms with van der Waals surface area (Å²) in [4.78, 5) is 14.4. The number of imidazole rings is 1. The number of hydrogen-bond acceptors (Lipinski definition) is 4. The molecule has 1 fully saturated rings. The largest absolute Gasteiger partial charge is 0.330 e. The van der Waals surface area contributed by atoms with E-state index in [9.17, 15) is 0 Å². The Kier molecular flexibility index (Phi) is 4.51. The number of pyridine rings is 1. The number of hydrogen-bond donors (Lipinski definition) is 0. The minimum Gasteiger partial charge on any atom is -0.330 e. The molecule has 0 atom stereocenters. The second kappa shape index (κ2) is 6.94. The summed E-state index contributed by atoms with van der Waals surface area (Å²) in [5.41, 5.74) is 5.62. The number of benzene rings is 1. The fourth-order valence-corrected chi connectivity index (χ4v) is 3.57. The Morgan fingerprint density at radius 1 is 1.00 bits per heavy atom. The third-order valence-electron chi connectivity index (χ3n) is 5.09. The highest BCUT2D eigenvalue weighted by Gasteiger charge is 2.19. The molecule has 25 heavy (non-hydrogen) atoms. The van der Waals surface area contributed by atoms with Gasteiger partial charge in [-0.2, -0.15) is 0 Å². The van der Waals surface area contributed by atoms with Crippen molar-refractivity contribution in [2.24, 2.45) is 0 Å². The predicted octanol–water partition coefficient (Wildman–Crippen LogP) is 2.87. The van der Waals surface area contributed by atoms with E-state index >= 15 is 0 Å². The smallest absolute Gasteiger partial charge is 0.115 e. The van der Waals surface area contributed by atoms with Crippen LogP contribution in [0.1, 0.15) is 12.5 Å². The summed E-state index contributed by atoms with van der Waals surface area (Å²) >= 11 is 0. The van der Waals surface area contributed by atoms with Gasteiger partial charge in [-0.3, -0.25) is 9.88 Å². The fourth-order valence-electron chi connectivity index (χ4n) is 3.57. The van der Waals surface area contributed by atoms with Crippen molar-refractivity contribution in [3.63, 3.8) is 0 Å². The summed E-state index contributed by atoms with van der Waals surface area (Å²) in [6, 6.07) is 10.3. The van der Waals surface area contributed by atoms with Crippen molar-refractivity contribution in [3.8, 4) is 11.3 Å². The quantitative estimate of drug-likeness (QED) is 0.735. The summed E-state index contributed by atoms with van der Waals surface area (Å²) in [5, 5.41) is 0. The van der Waals surface area contributed by atoms with Crippen LogP contribution in [-0.4, -0.2) is 57.6 Å². The minimum absolute atomic E-state index is 0.921. The molecule has 5 heteroatoms. The van der Waals surface area contributed by atoms with Crippen molar-refractivity contribution in [3.05, 3.63) is 48.4 Å². The average Bonchev–Trinajstić information content (AvgIpc) is 3.09. The number of aromatic nitrogens is 3. The van der Waals surface area contributed by atoms with E-state index in [4.69, 9.17) is 9.97 Å². The third kappa shape index (κ3) is 3.17. The fraction of sp³-hybridized carbons (Fsp3) is 0.400. The summed E-state index contributed by atoms with van der Waals surface area (Å²) < 4.78 is 2.24. The molecule has 4 rings (SSSR count). The van der Waals surface area contributed by atoms with E-state index in [1.807, 2.05) is 12.4 Å². The van der Waals surface area contributed by atoms with Crippen molar-refractivity contribution in [2.45, 2.75) is 20.0 Å². The van der Waals surface area contributed by atoms with Gasteiger partial charge in [-0.1, -0.05) is 30.3 Å². The SMILES string of the molecule is CCn1cnc2c(-c3ccccc3)ncc(CN3CCN(C)CC3)c21. The van der Waals surface area contributed by atoms with E-state index in [0.29, 0.717) is 0 Å². The number of piperazine rings is 1. The molecule has 0 aliphatic carbocycles. The molecule has 5 nitrogen and oxygen atoms in total. The van der Waals surface area contributed by atoms with Crippen LogP contribution in [-0.2, 0) is 13.1 Å². The lowest BCUT2D eigenvalue weighted by Gasteiger charge is -2.32. The molecule has 0 saturated carbocycles. The lowest BCUT2D eigenvalue weighted by Crippen LogP contribution is -2.43. The van der Waals surface area contributed by atoms with Crippen molar-refractivity contribution in [2.75, 3.05) is 33.2 Å². The summed E-state index contributed by atoms with van der Waals surface area (Å²) in [7, 11) is 2.19.